The summed E-state index contributed by atoms with van der Waals surface area (Å²) < 4.78 is 0. The van der Waals surface area contributed by atoms with Crippen LogP contribution < -0.4 is 5.32 Å². The minimum atomic E-state index is 0.943. The molecule has 0 saturated heterocycles. The van der Waals surface area contributed by atoms with Crippen LogP contribution >= 0.6 is 0 Å². The molecular weight excluding hydrogens is 206 g/mol. The van der Waals surface area contributed by atoms with Crippen LogP contribution in [-0.4, -0.2) is 6.54 Å². The molecule has 1 aromatic carbocycles. The molecule has 0 bridgehead atoms. The number of nitrogens with one attached hydrogen (secondary N) is 1. The molecule has 0 heterocycles. The lowest BCUT2D eigenvalue weighted by Gasteiger charge is -2.06. The van der Waals surface area contributed by atoms with Gasteiger partial charge >= 0.3 is 0 Å². The standard InChI is InChI=1S/C16H23N/c1-3-5-6-7-8-9-13-17-16-12-10-11-15(4-2)14-16/h2,10-12,14,17H,3,5-9,13H2,1H3. The summed E-state index contributed by atoms with van der Waals surface area (Å²) in [5.41, 5.74) is 2.08. The average Bonchev–Trinajstić information content (AvgIpc) is 2.38. The summed E-state index contributed by atoms with van der Waals surface area (Å²) in [6.45, 7) is 3.29. The number of hydrogen-bond acceptors (Lipinski definition) is 1. The Kier molecular flexibility index (Phi) is 6.98. The second-order valence-corrected chi connectivity index (χ2v) is 4.42. The Balaban J connectivity index is 2.12. The maximum Gasteiger partial charge on any atom is 0.0352 e. The van der Waals surface area contributed by atoms with E-state index in [-0.39, 0.29) is 0 Å². The van der Waals surface area contributed by atoms with Crippen molar-refractivity contribution in [2.75, 3.05) is 11.9 Å². The highest BCUT2D eigenvalue weighted by Crippen LogP contribution is 2.10. The van der Waals surface area contributed by atoms with E-state index >= 15 is 0 Å². The van der Waals surface area contributed by atoms with Crippen molar-refractivity contribution in [3.05, 3.63) is 29.8 Å². The maximum absolute atomic E-state index is 5.36. The van der Waals surface area contributed by atoms with E-state index in [0.717, 1.165) is 17.8 Å². The van der Waals surface area contributed by atoms with Crippen LogP contribution in [0.1, 0.15) is 51.0 Å². The predicted octanol–water partition coefficient (Wildman–Crippen LogP) is 4.44. The number of terminal acetylenes is 1. The molecule has 0 atom stereocenters. The van der Waals surface area contributed by atoms with Crippen LogP contribution in [0.2, 0.25) is 0 Å². The second-order valence-electron chi connectivity index (χ2n) is 4.42. The first-order valence-corrected chi connectivity index (χ1v) is 6.67. The van der Waals surface area contributed by atoms with Gasteiger partial charge in [0.2, 0.25) is 0 Å². The van der Waals surface area contributed by atoms with E-state index < -0.39 is 0 Å². The van der Waals surface area contributed by atoms with Crippen LogP contribution in [0.3, 0.4) is 0 Å². The van der Waals surface area contributed by atoms with Gasteiger partial charge in [0.1, 0.15) is 0 Å². The van der Waals surface area contributed by atoms with Gasteiger partial charge in [-0.1, -0.05) is 51.0 Å². The van der Waals surface area contributed by atoms with Crippen LogP contribution in [0.4, 0.5) is 5.69 Å². The molecule has 0 spiro atoms. The number of unbranched alkanes of at least 4 members (excludes halogenated alkanes) is 5. The van der Waals surface area contributed by atoms with Crippen LogP contribution in [0.25, 0.3) is 0 Å². The summed E-state index contributed by atoms with van der Waals surface area (Å²) >= 11 is 0. The zero-order chi connectivity index (χ0) is 12.3. The third-order valence-corrected chi connectivity index (χ3v) is 2.89. The van der Waals surface area contributed by atoms with E-state index in [1.54, 1.807) is 0 Å². The zero-order valence-electron chi connectivity index (χ0n) is 10.8. The second kappa shape index (κ2) is 8.70. The summed E-state index contributed by atoms with van der Waals surface area (Å²) in [5, 5.41) is 3.41. The number of rotatable bonds is 8. The Morgan fingerprint density at radius 2 is 1.88 bits per heavy atom. The molecular formula is C16H23N. The normalized spacial score (nSPS) is 9.88. The fraction of sp³-hybridized carbons (Fsp3) is 0.500. The molecule has 0 saturated carbocycles. The van der Waals surface area contributed by atoms with Crippen molar-refractivity contribution >= 4 is 5.69 Å². The topological polar surface area (TPSA) is 12.0 Å². The highest BCUT2D eigenvalue weighted by atomic mass is 14.9. The molecule has 1 aromatic rings. The van der Waals surface area contributed by atoms with Crippen molar-refractivity contribution in [2.24, 2.45) is 0 Å². The van der Waals surface area contributed by atoms with Crippen molar-refractivity contribution in [1.82, 2.24) is 0 Å². The van der Waals surface area contributed by atoms with Gasteiger partial charge in [0.15, 0.2) is 0 Å². The van der Waals surface area contributed by atoms with Crippen molar-refractivity contribution in [3.8, 4) is 12.3 Å². The van der Waals surface area contributed by atoms with E-state index in [2.05, 4.69) is 24.2 Å². The molecule has 0 aliphatic carbocycles. The van der Waals surface area contributed by atoms with Crippen LogP contribution in [0, 0.1) is 12.3 Å². The van der Waals surface area contributed by atoms with Gasteiger partial charge in [0.05, 0.1) is 0 Å². The highest BCUT2D eigenvalue weighted by molar-refractivity contribution is 5.49. The summed E-state index contributed by atoms with van der Waals surface area (Å²) in [6, 6.07) is 8.05. The Labute approximate surface area is 106 Å². The smallest absolute Gasteiger partial charge is 0.0352 e. The van der Waals surface area contributed by atoms with E-state index in [4.69, 9.17) is 6.42 Å². The van der Waals surface area contributed by atoms with Gasteiger partial charge in [0, 0.05) is 17.8 Å². The predicted molar refractivity (Wildman–Crippen MR) is 76.2 cm³/mol. The first-order chi connectivity index (χ1) is 8.36. The summed E-state index contributed by atoms with van der Waals surface area (Å²) in [6.07, 6.45) is 13.4. The Bertz CT molecular complexity index is 349. The number of hydrogen-bond donors (Lipinski definition) is 1. The monoisotopic (exact) mass is 229 g/mol. The number of anilines is 1. The third kappa shape index (κ3) is 6.02. The maximum atomic E-state index is 5.36. The van der Waals surface area contributed by atoms with Gasteiger partial charge in [-0.25, -0.2) is 0 Å². The lowest BCUT2D eigenvalue weighted by molar-refractivity contribution is 0.617. The van der Waals surface area contributed by atoms with Gasteiger partial charge in [-0.15, -0.1) is 6.42 Å². The van der Waals surface area contributed by atoms with Crippen LogP contribution in [0.15, 0.2) is 24.3 Å². The fourth-order valence-electron chi connectivity index (χ4n) is 1.86. The molecule has 0 amide bonds. The Hall–Kier alpha value is -1.42. The molecule has 0 fully saturated rings. The molecule has 0 aliphatic rings. The lowest BCUT2D eigenvalue weighted by atomic mass is 10.1. The molecule has 1 rings (SSSR count). The minimum Gasteiger partial charge on any atom is -0.385 e. The molecule has 17 heavy (non-hydrogen) atoms. The molecule has 0 aromatic heterocycles. The highest BCUT2D eigenvalue weighted by Gasteiger charge is 1.93. The van der Waals surface area contributed by atoms with Crippen molar-refractivity contribution in [3.63, 3.8) is 0 Å². The SMILES string of the molecule is C#Cc1cccc(NCCCCCCCC)c1. The van der Waals surface area contributed by atoms with E-state index in [1.165, 1.54) is 38.5 Å². The zero-order valence-corrected chi connectivity index (χ0v) is 10.8. The van der Waals surface area contributed by atoms with Gasteiger partial charge in [-0.3, -0.25) is 0 Å². The van der Waals surface area contributed by atoms with E-state index in [1.807, 2.05) is 18.2 Å². The Morgan fingerprint density at radius 3 is 2.65 bits per heavy atom. The van der Waals surface area contributed by atoms with E-state index in [9.17, 15) is 0 Å². The van der Waals surface area contributed by atoms with Crippen molar-refractivity contribution in [1.29, 1.82) is 0 Å². The lowest BCUT2D eigenvalue weighted by Crippen LogP contribution is -2.01. The quantitative estimate of drug-likeness (QED) is 0.513. The van der Waals surface area contributed by atoms with E-state index in [0.29, 0.717) is 0 Å². The largest absolute Gasteiger partial charge is 0.385 e. The van der Waals surface area contributed by atoms with Gasteiger partial charge in [-0.05, 0) is 24.6 Å². The summed E-state index contributed by atoms with van der Waals surface area (Å²) in [7, 11) is 0. The average molecular weight is 229 g/mol. The molecule has 0 radical (unpaired) electrons. The summed E-state index contributed by atoms with van der Waals surface area (Å²) in [4.78, 5) is 0. The first-order valence-electron chi connectivity index (χ1n) is 6.67. The van der Waals surface area contributed by atoms with Gasteiger partial charge in [0.25, 0.3) is 0 Å². The molecule has 1 N–H and O–H groups in total. The van der Waals surface area contributed by atoms with Crippen LogP contribution in [-0.2, 0) is 0 Å². The van der Waals surface area contributed by atoms with Gasteiger partial charge in [-0.2, -0.15) is 0 Å². The van der Waals surface area contributed by atoms with Crippen molar-refractivity contribution < 1.29 is 0 Å². The molecule has 1 nitrogen and oxygen atoms in total. The first kappa shape index (κ1) is 13.6. The molecule has 1 heteroatoms. The summed E-state index contributed by atoms with van der Waals surface area (Å²) in [5.74, 6) is 2.65. The third-order valence-electron chi connectivity index (χ3n) is 2.89. The van der Waals surface area contributed by atoms with Gasteiger partial charge < -0.3 is 5.32 Å². The number of benzene rings is 1. The Morgan fingerprint density at radius 1 is 1.12 bits per heavy atom. The molecule has 0 unspecified atom stereocenters. The fourth-order valence-corrected chi connectivity index (χ4v) is 1.86. The van der Waals surface area contributed by atoms with Crippen molar-refractivity contribution in [2.45, 2.75) is 45.4 Å². The minimum absolute atomic E-state index is 0.943. The molecule has 92 valence electrons. The molecule has 0 aliphatic heterocycles. The van der Waals surface area contributed by atoms with Crippen LogP contribution in [0.5, 0.6) is 0 Å².